The van der Waals surface area contributed by atoms with Crippen molar-refractivity contribution in [3.8, 4) is 0 Å². The van der Waals surface area contributed by atoms with Crippen LogP contribution in [-0.4, -0.2) is 38.3 Å². The molecule has 3 aromatic rings. The summed E-state index contributed by atoms with van der Waals surface area (Å²) < 4.78 is 8.76. The van der Waals surface area contributed by atoms with Gasteiger partial charge in [0.05, 0.1) is 7.11 Å². The average Bonchev–Trinajstić information content (AvgIpc) is 3.18. The van der Waals surface area contributed by atoms with Gasteiger partial charge in [-0.2, -0.15) is 4.98 Å². The van der Waals surface area contributed by atoms with Gasteiger partial charge in [-0.05, 0) is 36.5 Å². The number of imidazole rings is 1. The van der Waals surface area contributed by atoms with E-state index in [1.54, 1.807) is 7.05 Å². The lowest BCUT2D eigenvalue weighted by Crippen LogP contribution is -2.42. The lowest BCUT2D eigenvalue weighted by molar-refractivity contribution is -0.141. The maximum Gasteiger partial charge on any atom is 0.333 e. The summed E-state index contributed by atoms with van der Waals surface area (Å²) >= 11 is 0. The molecule has 1 atom stereocenters. The zero-order valence-electron chi connectivity index (χ0n) is 19.0. The first-order valence-corrected chi connectivity index (χ1v) is 11.0. The van der Waals surface area contributed by atoms with Crippen LogP contribution < -0.4 is 16.1 Å². The Balaban J connectivity index is 1.85. The number of aromatic nitrogens is 4. The fraction of sp³-hybridized carbons (Fsp3) is 0.478. The van der Waals surface area contributed by atoms with Crippen molar-refractivity contribution in [2.75, 3.05) is 18.6 Å². The van der Waals surface area contributed by atoms with E-state index in [0.29, 0.717) is 23.7 Å². The van der Waals surface area contributed by atoms with E-state index in [-0.39, 0.29) is 5.92 Å². The number of hydrogen-bond acceptors (Lipinski definition) is 6. The third kappa shape index (κ3) is 3.72. The van der Waals surface area contributed by atoms with Gasteiger partial charge in [0.2, 0.25) is 5.95 Å². The number of rotatable bonds is 6. The third-order valence-electron chi connectivity index (χ3n) is 6.02. The van der Waals surface area contributed by atoms with E-state index in [4.69, 9.17) is 4.98 Å². The van der Waals surface area contributed by atoms with Gasteiger partial charge < -0.3 is 14.2 Å². The fourth-order valence-corrected chi connectivity index (χ4v) is 4.28. The van der Waals surface area contributed by atoms with Gasteiger partial charge >= 0.3 is 11.7 Å². The smallest absolute Gasteiger partial charge is 0.333 e. The van der Waals surface area contributed by atoms with Gasteiger partial charge in [-0.3, -0.25) is 14.2 Å². The number of unbranched alkanes of at least 4 members (excludes halogenated alkanes) is 1. The predicted octanol–water partition coefficient (Wildman–Crippen LogP) is 2.20. The molecule has 0 saturated heterocycles. The third-order valence-corrected chi connectivity index (χ3v) is 6.02. The highest BCUT2D eigenvalue weighted by molar-refractivity contribution is 5.77. The molecule has 0 bridgehead atoms. The van der Waals surface area contributed by atoms with Gasteiger partial charge in [0.1, 0.15) is 6.54 Å². The normalized spacial score (nSPS) is 15.8. The second kappa shape index (κ2) is 8.64. The Bertz CT molecular complexity index is 1270. The number of hydrogen-bond donors (Lipinski definition) is 0. The van der Waals surface area contributed by atoms with Crippen LogP contribution in [0.15, 0.2) is 33.9 Å². The second-order valence-electron chi connectivity index (χ2n) is 8.49. The van der Waals surface area contributed by atoms with Crippen LogP contribution in [0.3, 0.4) is 0 Å². The first-order valence-electron chi connectivity index (χ1n) is 11.0. The molecule has 9 nitrogen and oxygen atoms in total. The average molecular weight is 440 g/mol. The summed E-state index contributed by atoms with van der Waals surface area (Å²) in [4.78, 5) is 44.6. The minimum Gasteiger partial charge on any atom is -0.468 e. The van der Waals surface area contributed by atoms with Crippen molar-refractivity contribution in [3.63, 3.8) is 0 Å². The molecule has 4 rings (SSSR count). The molecule has 1 aromatic carbocycles. The Morgan fingerprint density at radius 2 is 1.91 bits per heavy atom. The van der Waals surface area contributed by atoms with Crippen molar-refractivity contribution in [2.24, 2.45) is 13.0 Å². The highest BCUT2D eigenvalue weighted by atomic mass is 16.5. The van der Waals surface area contributed by atoms with Gasteiger partial charge in [-0.25, -0.2) is 9.36 Å². The molecule has 2 aromatic heterocycles. The Labute approximate surface area is 185 Å². The zero-order valence-corrected chi connectivity index (χ0v) is 19.0. The first kappa shape index (κ1) is 21.9. The highest BCUT2D eigenvalue weighted by Gasteiger charge is 2.30. The molecule has 0 aliphatic carbocycles. The summed E-state index contributed by atoms with van der Waals surface area (Å²) in [6, 6.07) is 8.44. The van der Waals surface area contributed by atoms with Crippen molar-refractivity contribution >= 4 is 28.8 Å². The number of aryl methyl sites for hydroxylation is 2. The molecule has 3 heterocycles. The molecule has 1 aliphatic rings. The number of benzene rings is 1. The van der Waals surface area contributed by atoms with E-state index in [0.717, 1.165) is 36.1 Å². The van der Waals surface area contributed by atoms with Crippen LogP contribution in [0.1, 0.15) is 32.3 Å². The monoisotopic (exact) mass is 439 g/mol. The van der Waals surface area contributed by atoms with E-state index < -0.39 is 23.8 Å². The molecule has 170 valence electrons. The summed E-state index contributed by atoms with van der Waals surface area (Å²) in [7, 11) is 2.79. The van der Waals surface area contributed by atoms with Crippen LogP contribution in [0.2, 0.25) is 0 Å². The van der Waals surface area contributed by atoms with E-state index in [1.807, 2.05) is 4.57 Å². The summed E-state index contributed by atoms with van der Waals surface area (Å²) in [6.45, 7) is 5.22. The molecule has 0 saturated carbocycles. The number of nitrogens with zero attached hydrogens (tertiary/aromatic N) is 5. The molecule has 1 aliphatic heterocycles. The summed E-state index contributed by atoms with van der Waals surface area (Å²) in [5.74, 6) is 0.229. The molecule has 0 amide bonds. The minimum absolute atomic E-state index is 0.255. The highest BCUT2D eigenvalue weighted by Crippen LogP contribution is 2.33. The Morgan fingerprint density at radius 1 is 1.19 bits per heavy atom. The SMILES string of the molecule is CCCCc1ccc(N2C[C@H](C)Cn3c2nc2c3c(=O)n(CC(=O)OC)c(=O)n2C)cc1. The van der Waals surface area contributed by atoms with Crippen molar-refractivity contribution < 1.29 is 9.53 Å². The van der Waals surface area contributed by atoms with Crippen LogP contribution >= 0.6 is 0 Å². The van der Waals surface area contributed by atoms with Crippen LogP contribution in [0.25, 0.3) is 11.2 Å². The summed E-state index contributed by atoms with van der Waals surface area (Å²) in [5.41, 5.74) is 1.80. The molecule has 0 unspecified atom stereocenters. The van der Waals surface area contributed by atoms with E-state index in [1.165, 1.54) is 17.2 Å². The first-order chi connectivity index (χ1) is 15.3. The van der Waals surface area contributed by atoms with Crippen LogP contribution in [0, 0.1) is 5.92 Å². The summed E-state index contributed by atoms with van der Waals surface area (Å²) in [6.07, 6.45) is 3.36. The van der Waals surface area contributed by atoms with Crippen molar-refractivity contribution in [2.45, 2.75) is 46.2 Å². The molecular weight excluding hydrogens is 410 g/mol. The Morgan fingerprint density at radius 3 is 2.56 bits per heavy atom. The van der Waals surface area contributed by atoms with Gasteiger partial charge in [-0.1, -0.05) is 32.4 Å². The number of fused-ring (bicyclic) bond motifs is 3. The van der Waals surface area contributed by atoms with Gasteiger partial charge in [0.25, 0.3) is 5.56 Å². The maximum atomic E-state index is 13.2. The summed E-state index contributed by atoms with van der Waals surface area (Å²) in [5, 5.41) is 0. The van der Waals surface area contributed by atoms with Crippen molar-refractivity contribution in [1.82, 2.24) is 18.7 Å². The van der Waals surface area contributed by atoms with Gasteiger partial charge in [0, 0.05) is 25.8 Å². The molecular formula is C23H29N5O4. The standard InChI is InChI=1S/C23H29N5O4/c1-5-6-7-16-8-10-17(11-9-16)26-12-15(2)13-27-19-20(24-22(26)27)25(3)23(31)28(21(19)30)14-18(29)32-4/h8-11,15H,5-7,12-14H2,1-4H3/t15-/m0/s1. The van der Waals surface area contributed by atoms with E-state index in [2.05, 4.69) is 47.7 Å². The Hall–Kier alpha value is -3.36. The van der Waals surface area contributed by atoms with Gasteiger partial charge in [0.15, 0.2) is 11.2 Å². The molecule has 9 heteroatoms. The molecule has 0 fully saturated rings. The van der Waals surface area contributed by atoms with E-state index in [9.17, 15) is 14.4 Å². The predicted molar refractivity (Wildman–Crippen MR) is 122 cm³/mol. The van der Waals surface area contributed by atoms with Crippen molar-refractivity contribution in [3.05, 3.63) is 50.7 Å². The lowest BCUT2D eigenvalue weighted by atomic mass is 10.1. The second-order valence-corrected chi connectivity index (χ2v) is 8.49. The minimum atomic E-state index is -0.653. The lowest BCUT2D eigenvalue weighted by Gasteiger charge is -2.33. The number of anilines is 2. The Kier molecular flexibility index (Phi) is 5.90. The molecule has 0 spiro atoms. The van der Waals surface area contributed by atoms with Gasteiger partial charge in [-0.15, -0.1) is 0 Å². The zero-order chi connectivity index (χ0) is 23.0. The molecule has 32 heavy (non-hydrogen) atoms. The number of carbonyl (C=O) groups excluding carboxylic acids is 1. The van der Waals surface area contributed by atoms with Crippen molar-refractivity contribution in [1.29, 1.82) is 0 Å². The molecule has 0 N–H and O–H groups in total. The van der Waals surface area contributed by atoms with Crippen LogP contribution in [0.4, 0.5) is 11.6 Å². The van der Waals surface area contributed by atoms with Crippen LogP contribution in [-0.2, 0) is 36.1 Å². The number of ether oxygens (including phenoxy) is 1. The number of methoxy groups -OCH3 is 1. The number of esters is 1. The maximum absolute atomic E-state index is 13.2. The quantitative estimate of drug-likeness (QED) is 0.547. The topological polar surface area (TPSA) is 91.4 Å². The van der Waals surface area contributed by atoms with Crippen LogP contribution in [0.5, 0.6) is 0 Å². The fourth-order valence-electron chi connectivity index (χ4n) is 4.28. The van der Waals surface area contributed by atoms with E-state index >= 15 is 0 Å². The molecule has 0 radical (unpaired) electrons. The number of carbonyl (C=O) groups is 1. The largest absolute Gasteiger partial charge is 0.468 e.